The molecule has 0 spiro atoms. The number of thiophene rings is 1. The highest BCUT2D eigenvalue weighted by Crippen LogP contribution is 2.22. The van der Waals surface area contributed by atoms with E-state index in [0.717, 1.165) is 16.0 Å². The molecule has 3 heterocycles. The van der Waals surface area contributed by atoms with Crippen LogP contribution in [0.4, 0.5) is 0 Å². The zero-order chi connectivity index (χ0) is 20.4. The van der Waals surface area contributed by atoms with Crippen molar-refractivity contribution >= 4 is 32.3 Å². The van der Waals surface area contributed by atoms with E-state index in [-0.39, 0.29) is 23.5 Å². The number of nitrogens with one attached hydrogen (secondary N) is 1. The van der Waals surface area contributed by atoms with E-state index in [0.29, 0.717) is 11.2 Å². The van der Waals surface area contributed by atoms with Crippen molar-refractivity contribution in [1.29, 1.82) is 0 Å². The van der Waals surface area contributed by atoms with Crippen LogP contribution in [0.5, 0.6) is 0 Å². The van der Waals surface area contributed by atoms with Gasteiger partial charge in [0.25, 0.3) is 5.56 Å². The summed E-state index contributed by atoms with van der Waals surface area (Å²) < 4.78 is 29.5. The Morgan fingerprint density at radius 2 is 1.93 bits per heavy atom. The second-order valence-electron chi connectivity index (χ2n) is 6.44. The van der Waals surface area contributed by atoms with Crippen molar-refractivity contribution < 1.29 is 8.42 Å². The minimum atomic E-state index is -3.79. The second kappa shape index (κ2) is 7.86. The van der Waals surface area contributed by atoms with Crippen LogP contribution < -0.4 is 10.3 Å². The molecule has 0 saturated carbocycles. The van der Waals surface area contributed by atoms with Gasteiger partial charge in [-0.2, -0.15) is 5.10 Å². The molecule has 0 amide bonds. The summed E-state index contributed by atoms with van der Waals surface area (Å²) in [5, 5.41) is 7.02. The third-order valence-electron chi connectivity index (χ3n) is 4.37. The molecule has 0 radical (unpaired) electrons. The summed E-state index contributed by atoms with van der Waals surface area (Å²) in [7, 11) is -3.79. The van der Waals surface area contributed by atoms with Crippen LogP contribution in [0.1, 0.15) is 5.69 Å². The molecule has 1 N–H and O–H groups in total. The number of rotatable bonds is 6. The molecule has 0 aliphatic carbocycles. The van der Waals surface area contributed by atoms with Crippen LogP contribution in [0.25, 0.3) is 21.5 Å². The van der Waals surface area contributed by atoms with Crippen LogP contribution in [0.15, 0.2) is 69.7 Å². The first kappa shape index (κ1) is 19.4. The molecule has 0 fully saturated rings. The Balaban J connectivity index is 1.55. The molecule has 3 aromatic heterocycles. The fourth-order valence-corrected chi connectivity index (χ4v) is 4.84. The van der Waals surface area contributed by atoms with Gasteiger partial charge >= 0.3 is 0 Å². The molecule has 1 aromatic carbocycles. The third kappa shape index (κ3) is 4.12. The summed E-state index contributed by atoms with van der Waals surface area (Å²) in [5.41, 5.74) is 1.56. The normalized spacial score (nSPS) is 11.8. The number of aryl methyl sites for hydroxylation is 1. The minimum absolute atomic E-state index is 0.0331. The Labute approximate surface area is 171 Å². The number of hydrogen-bond donors (Lipinski definition) is 1. The fraction of sp³-hybridized carbons (Fsp3) is 0.150. The summed E-state index contributed by atoms with van der Waals surface area (Å²) in [6, 6.07) is 15.6. The van der Waals surface area contributed by atoms with Gasteiger partial charge in [-0.15, -0.1) is 11.3 Å². The van der Waals surface area contributed by atoms with E-state index < -0.39 is 10.0 Å². The number of hydrogen-bond acceptors (Lipinski definition) is 6. The highest BCUT2D eigenvalue weighted by molar-refractivity contribution is 7.89. The van der Waals surface area contributed by atoms with Crippen molar-refractivity contribution in [3.63, 3.8) is 0 Å². The van der Waals surface area contributed by atoms with E-state index in [9.17, 15) is 13.2 Å². The van der Waals surface area contributed by atoms with Gasteiger partial charge in [0, 0.05) is 23.7 Å². The molecule has 0 unspecified atom stereocenters. The van der Waals surface area contributed by atoms with Gasteiger partial charge in [0.1, 0.15) is 10.6 Å². The highest BCUT2D eigenvalue weighted by Gasteiger charge is 2.18. The van der Waals surface area contributed by atoms with Crippen LogP contribution in [0.2, 0.25) is 0 Å². The summed E-state index contributed by atoms with van der Waals surface area (Å²) in [6.07, 6.45) is 0. The maximum atomic E-state index is 12.8. The summed E-state index contributed by atoms with van der Waals surface area (Å²) in [6.45, 7) is 1.97. The first-order chi connectivity index (χ1) is 13.9. The Morgan fingerprint density at radius 3 is 2.72 bits per heavy atom. The second-order valence-corrected chi connectivity index (χ2v) is 9.12. The number of aromatic nitrogens is 3. The molecule has 0 saturated heterocycles. The van der Waals surface area contributed by atoms with Crippen molar-refractivity contribution in [2.45, 2.75) is 18.4 Å². The maximum absolute atomic E-state index is 12.8. The van der Waals surface area contributed by atoms with Crippen LogP contribution in [-0.2, 0) is 16.6 Å². The number of pyridine rings is 1. The Kier molecular flexibility index (Phi) is 5.27. The topological polar surface area (TPSA) is 94.0 Å². The lowest BCUT2D eigenvalue weighted by atomic mass is 10.2. The predicted molar refractivity (Wildman–Crippen MR) is 113 cm³/mol. The number of sulfonamides is 1. The van der Waals surface area contributed by atoms with Crippen molar-refractivity contribution in [3.8, 4) is 10.6 Å². The SMILES string of the molecule is Cc1ccc2cccc(S(=O)(=O)NCCn3nc(-c4cccs4)ccc3=O)c2n1. The monoisotopic (exact) mass is 426 g/mol. The van der Waals surface area contributed by atoms with Crippen molar-refractivity contribution in [1.82, 2.24) is 19.5 Å². The Hall–Kier alpha value is -2.88. The molecule has 7 nitrogen and oxygen atoms in total. The predicted octanol–water partition coefficient (Wildman–Crippen LogP) is 2.81. The van der Waals surface area contributed by atoms with Gasteiger partial charge in [-0.25, -0.2) is 17.8 Å². The molecule has 0 atom stereocenters. The van der Waals surface area contributed by atoms with Crippen LogP contribution in [-0.4, -0.2) is 29.7 Å². The van der Waals surface area contributed by atoms with E-state index in [1.807, 2.05) is 42.6 Å². The summed E-state index contributed by atoms with van der Waals surface area (Å²) in [4.78, 5) is 17.5. The number of fused-ring (bicyclic) bond motifs is 1. The Morgan fingerprint density at radius 1 is 1.07 bits per heavy atom. The quantitative estimate of drug-likeness (QED) is 0.512. The van der Waals surface area contributed by atoms with Crippen molar-refractivity contribution in [2.75, 3.05) is 6.54 Å². The fourth-order valence-electron chi connectivity index (χ4n) is 2.96. The zero-order valence-electron chi connectivity index (χ0n) is 15.6. The van der Waals surface area contributed by atoms with Gasteiger partial charge < -0.3 is 0 Å². The molecule has 0 bridgehead atoms. The van der Waals surface area contributed by atoms with Gasteiger partial charge in [-0.1, -0.05) is 24.3 Å². The molecule has 29 heavy (non-hydrogen) atoms. The minimum Gasteiger partial charge on any atom is -0.268 e. The van der Waals surface area contributed by atoms with Crippen molar-refractivity contribution in [2.24, 2.45) is 0 Å². The molecule has 4 aromatic rings. The summed E-state index contributed by atoms with van der Waals surface area (Å²) >= 11 is 1.52. The van der Waals surface area contributed by atoms with Crippen LogP contribution >= 0.6 is 11.3 Å². The van der Waals surface area contributed by atoms with E-state index in [1.54, 1.807) is 12.1 Å². The van der Waals surface area contributed by atoms with E-state index in [4.69, 9.17) is 0 Å². The maximum Gasteiger partial charge on any atom is 0.266 e. The van der Waals surface area contributed by atoms with E-state index >= 15 is 0 Å². The first-order valence-corrected chi connectivity index (χ1v) is 11.3. The molecular formula is C20H18N4O3S2. The van der Waals surface area contributed by atoms with Crippen LogP contribution in [0.3, 0.4) is 0 Å². The lowest BCUT2D eigenvalue weighted by Gasteiger charge is -2.10. The number of nitrogens with zero attached hydrogens (tertiary/aromatic N) is 3. The van der Waals surface area contributed by atoms with Gasteiger partial charge in [0.2, 0.25) is 10.0 Å². The van der Waals surface area contributed by atoms with Gasteiger partial charge in [0.15, 0.2) is 0 Å². The van der Waals surface area contributed by atoms with Crippen LogP contribution in [0, 0.1) is 6.92 Å². The molecule has 0 aliphatic heterocycles. The highest BCUT2D eigenvalue weighted by atomic mass is 32.2. The molecular weight excluding hydrogens is 408 g/mol. The largest absolute Gasteiger partial charge is 0.268 e. The Bertz CT molecular complexity index is 1330. The van der Waals surface area contributed by atoms with E-state index in [2.05, 4.69) is 14.8 Å². The lowest BCUT2D eigenvalue weighted by molar-refractivity contribution is 0.549. The average molecular weight is 427 g/mol. The first-order valence-electron chi connectivity index (χ1n) is 8.92. The van der Waals surface area contributed by atoms with Gasteiger partial charge in [0.05, 0.1) is 16.9 Å². The van der Waals surface area contributed by atoms with E-state index in [1.165, 1.54) is 28.2 Å². The smallest absolute Gasteiger partial charge is 0.266 e. The standard InChI is InChI=1S/C20H18N4O3S2/c1-14-7-8-15-4-2-6-18(20(15)22-14)29(26,27)21-11-12-24-19(25)10-9-16(23-24)17-5-3-13-28-17/h2-10,13,21H,11-12H2,1H3. The molecule has 148 valence electrons. The lowest BCUT2D eigenvalue weighted by Crippen LogP contribution is -2.32. The molecule has 0 aliphatic rings. The van der Waals surface area contributed by atoms with Gasteiger partial charge in [-0.3, -0.25) is 9.78 Å². The average Bonchev–Trinajstić information content (AvgIpc) is 3.23. The third-order valence-corrected chi connectivity index (χ3v) is 6.75. The molecule has 4 rings (SSSR count). The molecule has 9 heteroatoms. The number of para-hydroxylation sites is 1. The zero-order valence-corrected chi connectivity index (χ0v) is 17.2. The van der Waals surface area contributed by atoms with Crippen molar-refractivity contribution in [3.05, 3.63) is 76.0 Å². The summed E-state index contributed by atoms with van der Waals surface area (Å²) in [5.74, 6) is 0. The van der Waals surface area contributed by atoms with Gasteiger partial charge in [-0.05, 0) is 36.6 Å². The number of benzene rings is 1.